The third-order valence-electron chi connectivity index (χ3n) is 5.07. The van der Waals surface area contributed by atoms with Gasteiger partial charge in [0, 0.05) is 0 Å². The molecular formula is C25H22N2O. The summed E-state index contributed by atoms with van der Waals surface area (Å²) in [5.41, 5.74) is 5.25. The number of hydrogen-bond acceptors (Lipinski definition) is 2. The number of ketones is 1. The highest BCUT2D eigenvalue weighted by atomic mass is 16.1. The number of rotatable bonds is 5. The Morgan fingerprint density at radius 3 is 1.71 bits per heavy atom. The van der Waals surface area contributed by atoms with Crippen molar-refractivity contribution in [2.24, 2.45) is 0 Å². The summed E-state index contributed by atoms with van der Waals surface area (Å²) in [6.45, 7) is 3.88. The second kappa shape index (κ2) is 7.65. The molecule has 4 aromatic rings. The van der Waals surface area contributed by atoms with Crippen LogP contribution >= 0.6 is 0 Å². The van der Waals surface area contributed by atoms with Crippen molar-refractivity contribution in [2.45, 2.75) is 19.8 Å². The van der Waals surface area contributed by atoms with Crippen LogP contribution in [0.5, 0.6) is 0 Å². The lowest BCUT2D eigenvalue weighted by Crippen LogP contribution is -2.16. The van der Waals surface area contributed by atoms with Crippen LogP contribution in [0.3, 0.4) is 0 Å². The van der Waals surface area contributed by atoms with Gasteiger partial charge in [-0.1, -0.05) is 78.9 Å². The number of carbonyl (C=O) groups is 1. The molecule has 0 bridgehead atoms. The molecule has 0 radical (unpaired) electrons. The SMILES string of the molecule is Cc1nn(-c2ccccc2)c(C)c1C(=O)C(c1ccccc1)c1ccccc1. The summed E-state index contributed by atoms with van der Waals surface area (Å²) in [4.78, 5) is 13.8. The first-order valence-electron chi connectivity index (χ1n) is 9.42. The first-order valence-corrected chi connectivity index (χ1v) is 9.42. The quantitative estimate of drug-likeness (QED) is 0.437. The van der Waals surface area contributed by atoms with Crippen molar-refractivity contribution in [1.29, 1.82) is 0 Å². The monoisotopic (exact) mass is 366 g/mol. The third-order valence-corrected chi connectivity index (χ3v) is 5.07. The molecule has 28 heavy (non-hydrogen) atoms. The average molecular weight is 366 g/mol. The summed E-state index contributed by atoms with van der Waals surface area (Å²) in [5.74, 6) is -0.275. The molecule has 3 aromatic carbocycles. The summed E-state index contributed by atoms with van der Waals surface area (Å²) < 4.78 is 1.86. The molecule has 138 valence electrons. The van der Waals surface area contributed by atoms with E-state index in [9.17, 15) is 4.79 Å². The van der Waals surface area contributed by atoms with Gasteiger partial charge in [-0.25, -0.2) is 4.68 Å². The molecule has 0 fully saturated rings. The number of aromatic nitrogens is 2. The van der Waals surface area contributed by atoms with E-state index < -0.39 is 0 Å². The van der Waals surface area contributed by atoms with E-state index in [1.807, 2.05) is 110 Å². The summed E-state index contributed by atoms with van der Waals surface area (Å²) in [7, 11) is 0. The molecule has 0 spiro atoms. The van der Waals surface area contributed by atoms with E-state index in [0.29, 0.717) is 5.56 Å². The number of nitrogens with zero attached hydrogens (tertiary/aromatic N) is 2. The Labute approximate surface area is 165 Å². The second-order valence-electron chi connectivity index (χ2n) is 6.91. The van der Waals surface area contributed by atoms with Crippen molar-refractivity contribution in [1.82, 2.24) is 9.78 Å². The van der Waals surface area contributed by atoms with E-state index in [-0.39, 0.29) is 11.7 Å². The minimum absolute atomic E-state index is 0.0783. The standard InChI is InChI=1S/C25H22N2O/c1-18-23(19(2)27(26-18)22-16-10-5-11-17-22)25(28)24(20-12-6-3-7-13-20)21-14-8-4-9-15-21/h3-17,24H,1-2H3. The first kappa shape index (κ1) is 17.9. The fourth-order valence-electron chi connectivity index (χ4n) is 3.75. The highest BCUT2D eigenvalue weighted by Gasteiger charge is 2.29. The predicted octanol–water partition coefficient (Wildman–Crippen LogP) is 5.50. The molecule has 0 aliphatic rings. The molecule has 0 saturated carbocycles. The van der Waals surface area contributed by atoms with Gasteiger partial charge in [0.1, 0.15) is 0 Å². The summed E-state index contributed by atoms with van der Waals surface area (Å²) in [6.07, 6.45) is 0. The molecule has 4 rings (SSSR count). The van der Waals surface area contributed by atoms with Crippen LogP contribution in [0, 0.1) is 13.8 Å². The van der Waals surface area contributed by atoms with Gasteiger partial charge < -0.3 is 0 Å². The maximum Gasteiger partial charge on any atom is 0.178 e. The van der Waals surface area contributed by atoms with Gasteiger partial charge in [0.05, 0.1) is 28.6 Å². The Hall–Kier alpha value is -3.46. The normalized spacial score (nSPS) is 11.0. The maximum atomic E-state index is 13.8. The Morgan fingerprint density at radius 2 is 1.21 bits per heavy atom. The third kappa shape index (κ3) is 3.27. The van der Waals surface area contributed by atoms with Crippen LogP contribution < -0.4 is 0 Å². The van der Waals surface area contributed by atoms with Crippen molar-refractivity contribution in [3.63, 3.8) is 0 Å². The minimum atomic E-state index is -0.353. The molecule has 1 aromatic heterocycles. The van der Waals surface area contributed by atoms with Crippen LogP contribution in [-0.2, 0) is 0 Å². The predicted molar refractivity (Wildman–Crippen MR) is 112 cm³/mol. The summed E-state index contributed by atoms with van der Waals surface area (Å²) in [5, 5.41) is 4.67. The van der Waals surface area contributed by atoms with Gasteiger partial charge >= 0.3 is 0 Å². The zero-order valence-electron chi connectivity index (χ0n) is 16.0. The van der Waals surface area contributed by atoms with E-state index in [0.717, 1.165) is 28.2 Å². The zero-order valence-corrected chi connectivity index (χ0v) is 16.0. The molecule has 0 atom stereocenters. The summed E-state index contributed by atoms with van der Waals surface area (Å²) >= 11 is 0. The lowest BCUT2D eigenvalue weighted by molar-refractivity contribution is 0.0972. The lowest BCUT2D eigenvalue weighted by Gasteiger charge is -2.17. The van der Waals surface area contributed by atoms with Crippen LogP contribution in [0.4, 0.5) is 0 Å². The molecule has 0 N–H and O–H groups in total. The van der Waals surface area contributed by atoms with E-state index in [1.54, 1.807) is 0 Å². The van der Waals surface area contributed by atoms with E-state index in [2.05, 4.69) is 5.10 Å². The zero-order chi connectivity index (χ0) is 19.5. The molecule has 0 saturated heterocycles. The Bertz CT molecular complexity index is 1040. The van der Waals surface area contributed by atoms with Crippen LogP contribution in [0.1, 0.15) is 38.8 Å². The topological polar surface area (TPSA) is 34.9 Å². The van der Waals surface area contributed by atoms with Crippen molar-refractivity contribution in [3.8, 4) is 5.69 Å². The number of para-hydroxylation sites is 1. The number of Topliss-reactive ketones (excluding diaryl/α,β-unsaturated/α-hetero) is 1. The van der Waals surface area contributed by atoms with Crippen LogP contribution in [0.2, 0.25) is 0 Å². The molecule has 0 aliphatic heterocycles. The largest absolute Gasteiger partial charge is 0.293 e. The van der Waals surface area contributed by atoms with E-state index in [4.69, 9.17) is 0 Å². The highest BCUT2D eigenvalue weighted by Crippen LogP contribution is 2.31. The van der Waals surface area contributed by atoms with Gasteiger partial charge in [0.25, 0.3) is 0 Å². The molecule has 1 heterocycles. The maximum absolute atomic E-state index is 13.8. The number of hydrogen-bond donors (Lipinski definition) is 0. The van der Waals surface area contributed by atoms with Gasteiger partial charge in [-0.3, -0.25) is 4.79 Å². The number of aryl methyl sites for hydroxylation is 1. The van der Waals surface area contributed by atoms with Crippen molar-refractivity contribution >= 4 is 5.78 Å². The van der Waals surface area contributed by atoms with Gasteiger partial charge in [0.15, 0.2) is 5.78 Å². The van der Waals surface area contributed by atoms with Gasteiger partial charge in [0.2, 0.25) is 0 Å². The van der Waals surface area contributed by atoms with E-state index >= 15 is 0 Å². The molecule has 0 aliphatic carbocycles. The first-order chi connectivity index (χ1) is 13.7. The van der Waals surface area contributed by atoms with Crippen molar-refractivity contribution < 1.29 is 4.79 Å². The smallest absolute Gasteiger partial charge is 0.178 e. The van der Waals surface area contributed by atoms with Crippen LogP contribution in [-0.4, -0.2) is 15.6 Å². The Balaban J connectivity index is 1.84. The molecule has 3 nitrogen and oxygen atoms in total. The van der Waals surface area contributed by atoms with Crippen molar-refractivity contribution in [3.05, 3.63) is 119 Å². The van der Waals surface area contributed by atoms with E-state index in [1.165, 1.54) is 0 Å². The summed E-state index contributed by atoms with van der Waals surface area (Å²) in [6, 6.07) is 29.8. The van der Waals surface area contributed by atoms with Crippen LogP contribution in [0.25, 0.3) is 5.69 Å². The number of benzene rings is 3. The second-order valence-corrected chi connectivity index (χ2v) is 6.91. The highest BCUT2D eigenvalue weighted by molar-refractivity contribution is 6.04. The minimum Gasteiger partial charge on any atom is -0.293 e. The lowest BCUT2D eigenvalue weighted by atomic mass is 9.84. The van der Waals surface area contributed by atoms with Crippen LogP contribution in [0.15, 0.2) is 91.0 Å². The molecule has 0 unspecified atom stereocenters. The molecular weight excluding hydrogens is 344 g/mol. The van der Waals surface area contributed by atoms with Gasteiger partial charge in [-0.15, -0.1) is 0 Å². The fraction of sp³-hybridized carbons (Fsp3) is 0.120. The molecule has 3 heteroatoms. The Morgan fingerprint density at radius 1 is 0.750 bits per heavy atom. The fourth-order valence-corrected chi connectivity index (χ4v) is 3.75. The average Bonchev–Trinajstić information content (AvgIpc) is 3.04. The number of carbonyl (C=O) groups excluding carboxylic acids is 1. The Kier molecular flexibility index (Phi) is 4.90. The van der Waals surface area contributed by atoms with Gasteiger partial charge in [-0.05, 0) is 37.1 Å². The van der Waals surface area contributed by atoms with Gasteiger partial charge in [-0.2, -0.15) is 5.10 Å². The van der Waals surface area contributed by atoms with Crippen molar-refractivity contribution in [2.75, 3.05) is 0 Å². The molecule has 0 amide bonds.